The maximum atomic E-state index is 12.4. The largest absolute Gasteiger partial charge is 0.345 e. The SMILES string of the molecule is CC1(NC(=O)c2n[nH]c3c2CNCC3)CCCCC1. The molecule has 3 rings (SSSR count). The van der Waals surface area contributed by atoms with E-state index in [0.717, 1.165) is 43.6 Å². The second-order valence-electron chi connectivity index (χ2n) is 6.03. The van der Waals surface area contributed by atoms with E-state index < -0.39 is 0 Å². The molecular weight excluding hydrogens is 240 g/mol. The number of nitrogens with zero attached hydrogens (tertiary/aromatic N) is 1. The Bertz CT molecular complexity index is 474. The third-order valence-corrected chi connectivity index (χ3v) is 4.39. The summed E-state index contributed by atoms with van der Waals surface area (Å²) in [6.45, 7) is 3.85. The van der Waals surface area contributed by atoms with Crippen molar-refractivity contribution in [3.05, 3.63) is 17.0 Å². The molecule has 0 spiro atoms. The summed E-state index contributed by atoms with van der Waals surface area (Å²) in [5.74, 6) is -0.0226. The zero-order valence-corrected chi connectivity index (χ0v) is 11.5. The monoisotopic (exact) mass is 262 g/mol. The predicted octanol–water partition coefficient (Wildman–Crippen LogP) is 1.51. The van der Waals surface area contributed by atoms with Crippen LogP contribution in [0.3, 0.4) is 0 Å². The van der Waals surface area contributed by atoms with Gasteiger partial charge in [0.1, 0.15) is 0 Å². The van der Waals surface area contributed by atoms with Gasteiger partial charge in [-0.1, -0.05) is 19.3 Å². The van der Waals surface area contributed by atoms with Gasteiger partial charge >= 0.3 is 0 Å². The maximum absolute atomic E-state index is 12.4. The number of hydrogen-bond acceptors (Lipinski definition) is 3. The van der Waals surface area contributed by atoms with Crippen LogP contribution in [0, 0.1) is 0 Å². The Morgan fingerprint density at radius 2 is 2.11 bits per heavy atom. The molecule has 0 radical (unpaired) electrons. The van der Waals surface area contributed by atoms with Gasteiger partial charge in [-0.3, -0.25) is 9.89 Å². The van der Waals surface area contributed by atoms with Crippen LogP contribution in [0.25, 0.3) is 0 Å². The van der Waals surface area contributed by atoms with Gasteiger partial charge in [-0.05, 0) is 19.8 Å². The number of rotatable bonds is 2. The van der Waals surface area contributed by atoms with E-state index >= 15 is 0 Å². The van der Waals surface area contributed by atoms with Gasteiger partial charge in [-0.15, -0.1) is 0 Å². The Morgan fingerprint density at radius 1 is 1.32 bits per heavy atom. The van der Waals surface area contributed by atoms with Crippen LogP contribution in [0.2, 0.25) is 0 Å². The summed E-state index contributed by atoms with van der Waals surface area (Å²) in [4.78, 5) is 12.4. The van der Waals surface area contributed by atoms with E-state index in [2.05, 4.69) is 27.8 Å². The summed E-state index contributed by atoms with van der Waals surface area (Å²) < 4.78 is 0. The maximum Gasteiger partial charge on any atom is 0.272 e. The Labute approximate surface area is 113 Å². The average molecular weight is 262 g/mol. The molecule has 0 unspecified atom stereocenters. The fourth-order valence-corrected chi connectivity index (χ4v) is 3.20. The fraction of sp³-hybridized carbons (Fsp3) is 0.714. The molecule has 0 aromatic carbocycles. The van der Waals surface area contributed by atoms with Crippen molar-refractivity contribution in [2.45, 2.75) is 57.5 Å². The topological polar surface area (TPSA) is 69.8 Å². The number of fused-ring (bicyclic) bond motifs is 1. The molecule has 2 aliphatic rings. The third-order valence-electron chi connectivity index (χ3n) is 4.39. The first-order valence-electron chi connectivity index (χ1n) is 7.27. The van der Waals surface area contributed by atoms with Crippen molar-refractivity contribution in [1.29, 1.82) is 0 Å². The van der Waals surface area contributed by atoms with Crippen molar-refractivity contribution >= 4 is 5.91 Å². The summed E-state index contributed by atoms with van der Waals surface area (Å²) in [5, 5.41) is 13.7. The number of carbonyl (C=O) groups is 1. The Kier molecular flexibility index (Phi) is 3.31. The number of hydrogen-bond donors (Lipinski definition) is 3. The summed E-state index contributed by atoms with van der Waals surface area (Å²) in [6.07, 6.45) is 6.77. The van der Waals surface area contributed by atoms with Crippen LogP contribution in [0.4, 0.5) is 0 Å². The number of nitrogens with one attached hydrogen (secondary N) is 3. The number of aromatic amines is 1. The Morgan fingerprint density at radius 3 is 2.89 bits per heavy atom. The van der Waals surface area contributed by atoms with Crippen molar-refractivity contribution in [3.63, 3.8) is 0 Å². The molecular formula is C14H22N4O. The molecule has 2 heterocycles. The first-order valence-corrected chi connectivity index (χ1v) is 7.27. The Balaban J connectivity index is 1.75. The molecule has 0 bridgehead atoms. The summed E-state index contributed by atoms with van der Waals surface area (Å²) in [5.41, 5.74) is 2.68. The molecule has 1 saturated carbocycles. The highest BCUT2D eigenvalue weighted by molar-refractivity contribution is 5.94. The average Bonchev–Trinajstić information content (AvgIpc) is 2.83. The van der Waals surface area contributed by atoms with Crippen LogP contribution >= 0.6 is 0 Å². The van der Waals surface area contributed by atoms with E-state index in [4.69, 9.17) is 0 Å². The van der Waals surface area contributed by atoms with Gasteiger partial charge in [0.05, 0.1) is 0 Å². The standard InChI is InChI=1S/C14H22N4O/c1-14(6-3-2-4-7-14)16-13(19)12-10-9-15-8-5-11(10)17-18-12/h15H,2-9H2,1H3,(H,16,19)(H,17,18). The molecule has 1 aromatic rings. The van der Waals surface area contributed by atoms with E-state index in [-0.39, 0.29) is 11.4 Å². The van der Waals surface area contributed by atoms with Crippen molar-refractivity contribution in [1.82, 2.24) is 20.8 Å². The molecule has 1 aliphatic heterocycles. The van der Waals surface area contributed by atoms with Crippen LogP contribution in [0.1, 0.15) is 60.8 Å². The van der Waals surface area contributed by atoms with E-state index in [1.807, 2.05) is 0 Å². The zero-order chi connectivity index (χ0) is 13.3. The minimum absolute atomic E-state index is 0.0226. The lowest BCUT2D eigenvalue weighted by Gasteiger charge is -2.34. The van der Waals surface area contributed by atoms with Crippen LogP contribution in [-0.2, 0) is 13.0 Å². The molecule has 19 heavy (non-hydrogen) atoms. The second kappa shape index (κ2) is 4.96. The lowest BCUT2D eigenvalue weighted by Crippen LogP contribution is -2.47. The molecule has 1 amide bonds. The predicted molar refractivity (Wildman–Crippen MR) is 73.0 cm³/mol. The molecule has 1 aliphatic carbocycles. The molecule has 0 atom stereocenters. The number of carbonyl (C=O) groups excluding carboxylic acids is 1. The third kappa shape index (κ3) is 2.52. The van der Waals surface area contributed by atoms with E-state index in [1.54, 1.807) is 0 Å². The van der Waals surface area contributed by atoms with Gasteiger partial charge in [0.2, 0.25) is 0 Å². The van der Waals surface area contributed by atoms with Gasteiger partial charge in [-0.2, -0.15) is 5.10 Å². The van der Waals surface area contributed by atoms with Crippen molar-refractivity contribution < 1.29 is 4.79 Å². The number of H-pyrrole nitrogens is 1. The van der Waals surface area contributed by atoms with Crippen molar-refractivity contribution in [3.8, 4) is 0 Å². The molecule has 104 valence electrons. The zero-order valence-electron chi connectivity index (χ0n) is 11.5. The molecule has 1 aromatic heterocycles. The molecule has 3 N–H and O–H groups in total. The molecule has 1 fully saturated rings. The van der Waals surface area contributed by atoms with E-state index in [1.165, 1.54) is 19.3 Å². The molecule has 5 nitrogen and oxygen atoms in total. The van der Waals surface area contributed by atoms with Gasteiger partial charge in [0.15, 0.2) is 5.69 Å². The first-order chi connectivity index (χ1) is 9.18. The van der Waals surface area contributed by atoms with Crippen LogP contribution in [-0.4, -0.2) is 28.2 Å². The molecule has 0 saturated heterocycles. The highest BCUT2D eigenvalue weighted by atomic mass is 16.2. The minimum Gasteiger partial charge on any atom is -0.345 e. The van der Waals surface area contributed by atoms with Crippen molar-refractivity contribution in [2.75, 3.05) is 6.54 Å². The van der Waals surface area contributed by atoms with Crippen LogP contribution < -0.4 is 10.6 Å². The number of aromatic nitrogens is 2. The first kappa shape index (κ1) is 12.7. The normalized spacial score (nSPS) is 21.7. The minimum atomic E-state index is -0.0523. The van der Waals surface area contributed by atoms with Gasteiger partial charge in [0.25, 0.3) is 5.91 Å². The summed E-state index contributed by atoms with van der Waals surface area (Å²) in [7, 11) is 0. The van der Waals surface area contributed by atoms with Gasteiger partial charge in [0, 0.05) is 36.3 Å². The van der Waals surface area contributed by atoms with Crippen molar-refractivity contribution in [2.24, 2.45) is 0 Å². The highest BCUT2D eigenvalue weighted by Gasteiger charge is 2.31. The Hall–Kier alpha value is -1.36. The van der Waals surface area contributed by atoms with Gasteiger partial charge in [-0.25, -0.2) is 0 Å². The van der Waals surface area contributed by atoms with Crippen LogP contribution in [0.5, 0.6) is 0 Å². The lowest BCUT2D eigenvalue weighted by molar-refractivity contribution is 0.0876. The quantitative estimate of drug-likeness (QED) is 0.756. The number of amides is 1. The summed E-state index contributed by atoms with van der Waals surface area (Å²) in [6, 6.07) is 0. The summed E-state index contributed by atoms with van der Waals surface area (Å²) >= 11 is 0. The fourth-order valence-electron chi connectivity index (χ4n) is 3.20. The van der Waals surface area contributed by atoms with Gasteiger partial charge < -0.3 is 10.6 Å². The lowest BCUT2D eigenvalue weighted by atomic mass is 9.83. The highest BCUT2D eigenvalue weighted by Crippen LogP contribution is 2.28. The van der Waals surface area contributed by atoms with E-state index in [0.29, 0.717) is 5.69 Å². The molecule has 5 heteroatoms. The van der Waals surface area contributed by atoms with E-state index in [9.17, 15) is 4.79 Å². The van der Waals surface area contributed by atoms with Crippen LogP contribution in [0.15, 0.2) is 0 Å². The second-order valence-corrected chi connectivity index (χ2v) is 6.03. The smallest absolute Gasteiger partial charge is 0.272 e.